The maximum atomic E-state index is 9.51. The first-order valence-corrected chi connectivity index (χ1v) is 8.60. The molecule has 0 radical (unpaired) electrons. The number of aliphatic hydroxyl groups excluding tert-OH is 1. The molecule has 0 aliphatic carbocycles. The number of hydrogen-bond acceptors (Lipinski definition) is 5. The lowest BCUT2D eigenvalue weighted by Crippen LogP contribution is -2.54. The molecule has 112 valence electrons. The summed E-state index contributed by atoms with van der Waals surface area (Å²) in [5, 5.41) is 10.6. The van der Waals surface area contributed by atoms with Crippen LogP contribution in [0.2, 0.25) is 0 Å². The number of thiazole rings is 1. The molecule has 2 fully saturated rings. The van der Waals surface area contributed by atoms with Crippen LogP contribution in [0.5, 0.6) is 0 Å². The second-order valence-electron chi connectivity index (χ2n) is 6.25. The van der Waals surface area contributed by atoms with Gasteiger partial charge >= 0.3 is 0 Å². The normalized spacial score (nSPS) is 24.2. The Labute approximate surface area is 125 Å². The number of hydrogen-bond donors (Lipinski definition) is 1. The minimum atomic E-state index is 0.120. The summed E-state index contributed by atoms with van der Waals surface area (Å²) in [6.07, 6.45) is 4.05. The fourth-order valence-corrected chi connectivity index (χ4v) is 4.49. The smallest absolute Gasteiger partial charge is 0.185 e. The van der Waals surface area contributed by atoms with Gasteiger partial charge in [-0.15, -0.1) is 0 Å². The van der Waals surface area contributed by atoms with E-state index in [1.807, 2.05) is 0 Å². The lowest BCUT2D eigenvalue weighted by molar-refractivity contribution is 0.133. The zero-order valence-electron chi connectivity index (χ0n) is 12.5. The molecule has 3 heterocycles. The third-order valence-electron chi connectivity index (χ3n) is 4.51. The first-order chi connectivity index (χ1) is 9.69. The van der Waals surface area contributed by atoms with Crippen molar-refractivity contribution < 1.29 is 5.11 Å². The van der Waals surface area contributed by atoms with Crippen LogP contribution in [0.15, 0.2) is 0 Å². The first kappa shape index (κ1) is 14.3. The second kappa shape index (κ2) is 6.00. The Kier molecular flexibility index (Phi) is 4.29. The van der Waals surface area contributed by atoms with Crippen LogP contribution in [0.3, 0.4) is 0 Å². The quantitative estimate of drug-likeness (QED) is 0.930. The van der Waals surface area contributed by atoms with Crippen LogP contribution >= 0.6 is 11.3 Å². The standard InChI is InChI=1S/C15H25N3OS/c1-11(2)14-13(10-19)20-15(16-14)18-8-7-17-6-4-3-5-12(17)9-18/h11-12,19H,3-10H2,1-2H3. The van der Waals surface area contributed by atoms with Crippen LogP contribution in [0.4, 0.5) is 5.13 Å². The van der Waals surface area contributed by atoms with Crippen molar-refractivity contribution in [2.24, 2.45) is 0 Å². The summed E-state index contributed by atoms with van der Waals surface area (Å²) in [5.41, 5.74) is 1.08. The summed E-state index contributed by atoms with van der Waals surface area (Å²) in [6, 6.07) is 0.710. The Balaban J connectivity index is 1.76. The Bertz CT molecular complexity index is 460. The molecule has 5 heteroatoms. The van der Waals surface area contributed by atoms with Crippen molar-refractivity contribution >= 4 is 16.5 Å². The van der Waals surface area contributed by atoms with Gasteiger partial charge in [0.15, 0.2) is 5.13 Å². The van der Waals surface area contributed by atoms with Gasteiger partial charge < -0.3 is 10.0 Å². The maximum absolute atomic E-state index is 9.51. The largest absolute Gasteiger partial charge is 0.391 e. The van der Waals surface area contributed by atoms with E-state index in [-0.39, 0.29) is 6.61 Å². The number of aliphatic hydroxyl groups is 1. The van der Waals surface area contributed by atoms with Gasteiger partial charge in [0.25, 0.3) is 0 Å². The molecule has 0 spiro atoms. The molecule has 1 atom stereocenters. The predicted molar refractivity (Wildman–Crippen MR) is 83.6 cm³/mol. The van der Waals surface area contributed by atoms with Crippen LogP contribution < -0.4 is 4.90 Å². The third-order valence-corrected chi connectivity index (χ3v) is 5.63. The van der Waals surface area contributed by atoms with Gasteiger partial charge in [0.2, 0.25) is 0 Å². The molecule has 0 saturated carbocycles. The molecule has 1 unspecified atom stereocenters. The van der Waals surface area contributed by atoms with E-state index < -0.39 is 0 Å². The van der Waals surface area contributed by atoms with Crippen molar-refractivity contribution in [3.63, 3.8) is 0 Å². The summed E-state index contributed by atoms with van der Waals surface area (Å²) in [7, 11) is 0. The van der Waals surface area contributed by atoms with E-state index in [4.69, 9.17) is 4.98 Å². The average Bonchev–Trinajstić information content (AvgIpc) is 2.91. The zero-order chi connectivity index (χ0) is 14.1. The van der Waals surface area contributed by atoms with Crippen LogP contribution in [-0.4, -0.2) is 47.2 Å². The topological polar surface area (TPSA) is 39.6 Å². The molecule has 2 aliphatic rings. The SMILES string of the molecule is CC(C)c1nc(N2CCN3CCCCC3C2)sc1CO. The maximum Gasteiger partial charge on any atom is 0.185 e. The molecular weight excluding hydrogens is 270 g/mol. The van der Waals surface area contributed by atoms with Gasteiger partial charge in [-0.3, -0.25) is 4.90 Å². The molecule has 0 bridgehead atoms. The second-order valence-corrected chi connectivity index (χ2v) is 7.31. The summed E-state index contributed by atoms with van der Waals surface area (Å²) >= 11 is 1.68. The van der Waals surface area contributed by atoms with E-state index in [1.165, 1.54) is 25.8 Å². The molecule has 0 aromatic carbocycles. The van der Waals surface area contributed by atoms with E-state index in [2.05, 4.69) is 23.6 Å². The number of rotatable bonds is 3. The molecule has 0 amide bonds. The molecule has 3 rings (SSSR count). The fourth-order valence-electron chi connectivity index (χ4n) is 3.38. The number of anilines is 1. The Morgan fingerprint density at radius 2 is 2.15 bits per heavy atom. The molecule has 2 saturated heterocycles. The zero-order valence-corrected chi connectivity index (χ0v) is 13.3. The summed E-state index contributed by atoms with van der Waals surface area (Å²) < 4.78 is 0. The third kappa shape index (κ3) is 2.71. The average molecular weight is 295 g/mol. The molecule has 2 aliphatic heterocycles. The number of piperazine rings is 1. The van der Waals surface area contributed by atoms with Gasteiger partial charge in [0.1, 0.15) is 0 Å². The number of aromatic nitrogens is 1. The van der Waals surface area contributed by atoms with Crippen molar-refractivity contribution in [3.05, 3.63) is 10.6 Å². The van der Waals surface area contributed by atoms with Crippen LogP contribution in [0.1, 0.15) is 49.6 Å². The lowest BCUT2D eigenvalue weighted by Gasteiger charge is -2.44. The van der Waals surface area contributed by atoms with E-state index >= 15 is 0 Å². The minimum absolute atomic E-state index is 0.120. The summed E-state index contributed by atoms with van der Waals surface area (Å²) in [5.74, 6) is 0.387. The van der Waals surface area contributed by atoms with E-state index in [9.17, 15) is 5.11 Å². The highest BCUT2D eigenvalue weighted by Gasteiger charge is 2.30. The molecule has 4 nitrogen and oxygen atoms in total. The monoisotopic (exact) mass is 295 g/mol. The summed E-state index contributed by atoms with van der Waals surface area (Å²) in [6.45, 7) is 9.04. The number of nitrogens with zero attached hydrogens (tertiary/aromatic N) is 3. The van der Waals surface area contributed by atoms with Gasteiger partial charge in [0, 0.05) is 25.7 Å². The molecule has 1 aromatic heterocycles. The summed E-state index contributed by atoms with van der Waals surface area (Å²) in [4.78, 5) is 10.9. The van der Waals surface area contributed by atoms with Gasteiger partial charge in [0.05, 0.1) is 17.2 Å². The van der Waals surface area contributed by atoms with Gasteiger partial charge in [-0.05, 0) is 25.3 Å². The van der Waals surface area contributed by atoms with Gasteiger partial charge in [-0.25, -0.2) is 4.98 Å². The Hall–Kier alpha value is -0.650. The Morgan fingerprint density at radius 1 is 1.30 bits per heavy atom. The Morgan fingerprint density at radius 3 is 2.85 bits per heavy atom. The van der Waals surface area contributed by atoms with E-state index in [0.29, 0.717) is 12.0 Å². The minimum Gasteiger partial charge on any atom is -0.391 e. The highest BCUT2D eigenvalue weighted by molar-refractivity contribution is 7.15. The van der Waals surface area contributed by atoms with Gasteiger partial charge in [-0.2, -0.15) is 0 Å². The van der Waals surface area contributed by atoms with Gasteiger partial charge in [-0.1, -0.05) is 31.6 Å². The van der Waals surface area contributed by atoms with Crippen LogP contribution in [0, 0.1) is 0 Å². The van der Waals surface area contributed by atoms with Crippen molar-refractivity contribution in [3.8, 4) is 0 Å². The molecule has 1 N–H and O–H groups in total. The highest BCUT2D eigenvalue weighted by atomic mass is 32.1. The molecular formula is C15H25N3OS. The molecule has 1 aromatic rings. The van der Waals surface area contributed by atoms with Crippen LogP contribution in [-0.2, 0) is 6.61 Å². The first-order valence-electron chi connectivity index (χ1n) is 7.78. The van der Waals surface area contributed by atoms with Crippen LogP contribution in [0.25, 0.3) is 0 Å². The predicted octanol–water partition coefficient (Wildman–Crippen LogP) is 2.43. The number of fused-ring (bicyclic) bond motifs is 1. The molecule has 20 heavy (non-hydrogen) atoms. The van der Waals surface area contributed by atoms with Crippen molar-refractivity contribution in [1.29, 1.82) is 0 Å². The fraction of sp³-hybridized carbons (Fsp3) is 0.800. The van der Waals surface area contributed by atoms with E-state index in [1.54, 1.807) is 11.3 Å². The van der Waals surface area contributed by atoms with Crippen molar-refractivity contribution in [2.75, 3.05) is 31.1 Å². The van der Waals surface area contributed by atoms with Crippen molar-refractivity contribution in [1.82, 2.24) is 9.88 Å². The highest BCUT2D eigenvalue weighted by Crippen LogP contribution is 2.33. The number of piperidine rings is 1. The van der Waals surface area contributed by atoms with E-state index in [0.717, 1.165) is 35.3 Å². The van der Waals surface area contributed by atoms with Crippen molar-refractivity contribution in [2.45, 2.75) is 51.7 Å². The lowest BCUT2D eigenvalue weighted by atomic mass is 10.00.